The zero-order chi connectivity index (χ0) is 29.4. The summed E-state index contributed by atoms with van der Waals surface area (Å²) in [5.74, 6) is -3.42. The van der Waals surface area contributed by atoms with Gasteiger partial charge in [-0.25, -0.2) is 8.78 Å². The lowest BCUT2D eigenvalue weighted by Crippen LogP contribution is -2.39. The maximum absolute atomic E-state index is 16.2. The molecule has 0 aliphatic heterocycles. The van der Waals surface area contributed by atoms with Gasteiger partial charge in [0, 0.05) is 17.0 Å². The molecule has 0 aromatic heterocycles. The highest BCUT2D eigenvalue weighted by molar-refractivity contribution is 6.31. The minimum absolute atomic E-state index is 0.0595. The van der Waals surface area contributed by atoms with Gasteiger partial charge < -0.3 is 14.2 Å². The maximum Gasteiger partial charge on any atom is 0.279 e. The summed E-state index contributed by atoms with van der Waals surface area (Å²) in [6, 6.07) is 32.3. The second-order valence-electron chi connectivity index (χ2n) is 10.6. The van der Waals surface area contributed by atoms with Gasteiger partial charge in [0.25, 0.3) is 5.92 Å². The third kappa shape index (κ3) is 7.58. The first-order valence-electron chi connectivity index (χ1n) is 14.3. The Morgan fingerprint density at radius 3 is 2.17 bits per heavy atom. The lowest BCUT2D eigenvalue weighted by Gasteiger charge is -2.38. The van der Waals surface area contributed by atoms with Crippen LogP contribution in [-0.4, -0.2) is 18.6 Å². The number of rotatable bonds is 11. The maximum atomic E-state index is 16.2. The van der Waals surface area contributed by atoms with Crippen LogP contribution in [0.2, 0.25) is 5.02 Å². The zero-order valence-electron chi connectivity index (χ0n) is 23.6. The van der Waals surface area contributed by atoms with Crippen molar-refractivity contribution in [3.05, 3.63) is 148 Å². The van der Waals surface area contributed by atoms with Gasteiger partial charge >= 0.3 is 0 Å². The fraction of sp³-hybridized carbons (Fsp3) is 0.278. The average molecular weight is 589 g/mol. The third-order valence-electron chi connectivity index (χ3n) is 7.56. The fourth-order valence-corrected chi connectivity index (χ4v) is 5.52. The molecule has 0 spiro atoms. The summed E-state index contributed by atoms with van der Waals surface area (Å²) < 4.78 is 49.9. The lowest BCUT2D eigenvalue weighted by molar-refractivity contribution is -0.0639. The number of hydrogen-bond acceptors (Lipinski definition) is 3. The normalized spacial score (nSPS) is 19.0. The Morgan fingerprint density at radius 2 is 1.50 bits per heavy atom. The molecule has 4 aromatic rings. The van der Waals surface area contributed by atoms with Gasteiger partial charge in [-0.1, -0.05) is 96.5 Å². The first kappa shape index (κ1) is 29.8. The van der Waals surface area contributed by atoms with E-state index in [4.69, 9.17) is 25.8 Å². The van der Waals surface area contributed by atoms with E-state index in [0.717, 1.165) is 28.0 Å². The molecule has 5 rings (SSSR count). The van der Waals surface area contributed by atoms with Gasteiger partial charge in [-0.2, -0.15) is 0 Å². The highest BCUT2D eigenvalue weighted by Crippen LogP contribution is 2.49. The Morgan fingerprint density at radius 1 is 0.833 bits per heavy atom. The van der Waals surface area contributed by atoms with Crippen molar-refractivity contribution in [2.24, 2.45) is 0 Å². The summed E-state index contributed by atoms with van der Waals surface area (Å²) >= 11 is 6.57. The van der Waals surface area contributed by atoms with Crippen molar-refractivity contribution in [2.75, 3.05) is 6.61 Å². The van der Waals surface area contributed by atoms with E-state index < -0.39 is 17.9 Å². The van der Waals surface area contributed by atoms with E-state index in [2.05, 4.69) is 0 Å². The average Bonchev–Trinajstić information content (AvgIpc) is 3.00. The zero-order valence-corrected chi connectivity index (χ0v) is 24.4. The first-order valence-corrected chi connectivity index (χ1v) is 14.7. The molecule has 0 bridgehead atoms. The van der Waals surface area contributed by atoms with Crippen LogP contribution in [0.15, 0.2) is 115 Å². The molecule has 6 heteroatoms. The second-order valence-corrected chi connectivity index (χ2v) is 11.0. The minimum Gasteiger partial charge on any atom is -0.496 e. The van der Waals surface area contributed by atoms with E-state index in [9.17, 15) is 0 Å². The molecule has 4 aromatic carbocycles. The molecule has 0 saturated heterocycles. The highest BCUT2D eigenvalue weighted by Gasteiger charge is 2.50. The van der Waals surface area contributed by atoms with Gasteiger partial charge in [0.05, 0.1) is 31.5 Å². The van der Waals surface area contributed by atoms with Crippen molar-refractivity contribution in [2.45, 2.75) is 57.3 Å². The SMILES string of the molecule is CCOc1ccc(Cc2cc(C3CC(OCc4ccccc4)C/C(=C\OCc4ccccc4)C3(F)F)ccc2Cl)cc1. The number of hydrogen-bond donors (Lipinski definition) is 0. The Bertz CT molecular complexity index is 1460. The largest absolute Gasteiger partial charge is 0.496 e. The smallest absolute Gasteiger partial charge is 0.279 e. The van der Waals surface area contributed by atoms with Gasteiger partial charge in [0.2, 0.25) is 0 Å². The monoisotopic (exact) mass is 588 g/mol. The number of ether oxygens (including phenoxy) is 3. The number of halogens is 3. The molecule has 2 atom stereocenters. The quantitative estimate of drug-likeness (QED) is 0.163. The van der Waals surface area contributed by atoms with Gasteiger partial charge in [0.15, 0.2) is 0 Å². The molecule has 0 N–H and O–H groups in total. The summed E-state index contributed by atoms with van der Waals surface area (Å²) in [7, 11) is 0. The van der Waals surface area contributed by atoms with E-state index in [0.29, 0.717) is 30.2 Å². The van der Waals surface area contributed by atoms with Crippen LogP contribution in [0.4, 0.5) is 8.78 Å². The van der Waals surface area contributed by atoms with Crippen molar-refractivity contribution in [3.8, 4) is 5.75 Å². The van der Waals surface area contributed by atoms with Crippen LogP contribution in [0.3, 0.4) is 0 Å². The highest BCUT2D eigenvalue weighted by atomic mass is 35.5. The predicted molar refractivity (Wildman–Crippen MR) is 163 cm³/mol. The molecular weight excluding hydrogens is 554 g/mol. The molecule has 0 heterocycles. The number of alkyl halides is 2. The standard InChI is InChI=1S/C36H35ClF2O3/c1-2-41-32-16-13-26(14-17-32)19-30-20-29(15-18-35(30)37)34-22-33(42-24-28-11-7-4-8-12-28)21-31(36(34,38)39)25-40-23-27-9-5-3-6-10-27/h3-18,20,25,33-34H,2,19,21-24H2,1H3/b31-25+. The van der Waals surface area contributed by atoms with Crippen LogP contribution in [-0.2, 0) is 29.1 Å². The van der Waals surface area contributed by atoms with Crippen molar-refractivity contribution >= 4 is 11.6 Å². The molecule has 0 radical (unpaired) electrons. The molecule has 1 saturated carbocycles. The molecule has 218 valence electrons. The second kappa shape index (κ2) is 14.0. The van der Waals surface area contributed by atoms with Gasteiger partial charge in [-0.3, -0.25) is 0 Å². The lowest BCUT2D eigenvalue weighted by atomic mass is 9.76. The van der Waals surface area contributed by atoms with E-state index in [1.807, 2.05) is 97.9 Å². The van der Waals surface area contributed by atoms with Crippen LogP contribution in [0, 0.1) is 0 Å². The summed E-state index contributed by atoms with van der Waals surface area (Å²) in [6.45, 7) is 3.10. The summed E-state index contributed by atoms with van der Waals surface area (Å²) in [5.41, 5.74) is 4.21. The van der Waals surface area contributed by atoms with Crippen LogP contribution in [0.25, 0.3) is 0 Å². The summed E-state index contributed by atoms with van der Waals surface area (Å²) in [4.78, 5) is 0. The Hall–Kier alpha value is -3.67. The molecule has 42 heavy (non-hydrogen) atoms. The molecule has 0 amide bonds. The van der Waals surface area contributed by atoms with Gasteiger partial charge in [0.1, 0.15) is 12.4 Å². The Labute approximate surface area is 251 Å². The predicted octanol–water partition coefficient (Wildman–Crippen LogP) is 9.53. The summed E-state index contributed by atoms with van der Waals surface area (Å²) in [6.07, 6.45) is 1.65. The van der Waals surface area contributed by atoms with Crippen molar-refractivity contribution < 1.29 is 23.0 Å². The topological polar surface area (TPSA) is 27.7 Å². The molecule has 1 fully saturated rings. The summed E-state index contributed by atoms with van der Waals surface area (Å²) in [5, 5.41) is 0.547. The minimum atomic E-state index is -3.12. The van der Waals surface area contributed by atoms with Crippen LogP contribution in [0.1, 0.15) is 53.5 Å². The van der Waals surface area contributed by atoms with E-state index in [1.54, 1.807) is 12.1 Å². The van der Waals surface area contributed by atoms with Crippen LogP contribution >= 0.6 is 11.6 Å². The Balaban J connectivity index is 1.39. The van der Waals surface area contributed by atoms with E-state index in [-0.39, 0.29) is 25.0 Å². The molecular formula is C36H35ClF2O3. The number of benzene rings is 4. The molecule has 1 aliphatic carbocycles. The van der Waals surface area contributed by atoms with Gasteiger partial charge in [-0.15, -0.1) is 0 Å². The fourth-order valence-electron chi connectivity index (χ4n) is 5.34. The van der Waals surface area contributed by atoms with Crippen molar-refractivity contribution in [3.63, 3.8) is 0 Å². The van der Waals surface area contributed by atoms with Gasteiger partial charge in [-0.05, 0) is 65.8 Å². The Kier molecular flexibility index (Phi) is 9.93. The van der Waals surface area contributed by atoms with Crippen molar-refractivity contribution in [1.29, 1.82) is 0 Å². The molecule has 3 nitrogen and oxygen atoms in total. The molecule has 1 aliphatic rings. The van der Waals surface area contributed by atoms with Crippen molar-refractivity contribution in [1.82, 2.24) is 0 Å². The third-order valence-corrected chi connectivity index (χ3v) is 7.93. The first-order chi connectivity index (χ1) is 20.4. The van der Waals surface area contributed by atoms with Crippen LogP contribution < -0.4 is 4.74 Å². The van der Waals surface area contributed by atoms with E-state index >= 15 is 8.78 Å². The van der Waals surface area contributed by atoms with E-state index in [1.165, 1.54) is 6.26 Å². The molecule has 2 unspecified atom stereocenters. The van der Waals surface area contributed by atoms with Crippen LogP contribution in [0.5, 0.6) is 5.75 Å².